The lowest BCUT2D eigenvalue weighted by molar-refractivity contribution is -0.136. The molecule has 2 aliphatic heterocycles. The Kier molecular flexibility index (Phi) is 12.1. The van der Waals surface area contributed by atoms with Crippen LogP contribution in [-0.4, -0.2) is 93.1 Å². The van der Waals surface area contributed by atoms with Gasteiger partial charge in [0.15, 0.2) is 0 Å². The molecule has 4 amide bonds. The van der Waals surface area contributed by atoms with Crippen LogP contribution in [0.5, 0.6) is 0 Å². The Bertz CT molecular complexity index is 2440. The van der Waals surface area contributed by atoms with Crippen LogP contribution in [0.2, 0.25) is 0 Å². The quantitative estimate of drug-likeness (QED) is 0.0899. The zero-order valence-electron chi connectivity index (χ0n) is 37.9. The number of hydrogen-bond donors (Lipinski definition) is 4. The minimum atomic E-state index is -0.687. The Morgan fingerprint density at radius 3 is 1.35 bits per heavy atom. The van der Waals surface area contributed by atoms with E-state index in [0.29, 0.717) is 24.9 Å². The third-order valence-electron chi connectivity index (χ3n) is 13.8. The first-order valence-electron chi connectivity index (χ1n) is 22.9. The number of alkyl carbamates (subject to hydrolysis) is 2. The molecule has 4 N–H and O–H groups in total. The normalized spacial score (nSPS) is 20.6. The van der Waals surface area contributed by atoms with Crippen molar-refractivity contribution < 1.29 is 28.7 Å². The molecule has 9 rings (SSSR count). The van der Waals surface area contributed by atoms with E-state index in [0.717, 1.165) is 77.4 Å². The predicted octanol–water partition coefficient (Wildman–Crippen LogP) is 9.03. The minimum Gasteiger partial charge on any atom is -0.453 e. The molecule has 2 saturated heterocycles. The van der Waals surface area contributed by atoms with Crippen LogP contribution in [0.25, 0.3) is 44.8 Å². The molecule has 6 atom stereocenters. The molecule has 3 aromatic carbocycles. The lowest BCUT2D eigenvalue weighted by Gasteiger charge is -2.30. The number of carbonyl (C=O) groups is 4. The van der Waals surface area contributed by atoms with Crippen molar-refractivity contribution in [3.8, 4) is 44.8 Å². The smallest absolute Gasteiger partial charge is 0.407 e. The number of nitrogens with one attached hydrogen (secondary N) is 4. The van der Waals surface area contributed by atoms with Crippen molar-refractivity contribution in [3.05, 3.63) is 108 Å². The molecule has 65 heavy (non-hydrogen) atoms. The summed E-state index contributed by atoms with van der Waals surface area (Å²) in [6.07, 6.45) is 11.5. The van der Waals surface area contributed by atoms with Crippen molar-refractivity contribution in [2.45, 2.75) is 95.8 Å². The standard InChI is InChI=1S/C51H58N8O6/c1-28(2)44(56-50(62)64-5)48(60)58-23-7-9-40(58)46-52-26-38(54-46)32-15-11-30(12-16-32)36-21-22-37(43-35-20-19-34(25-35)42(36)43)31-13-17-33(18-14-31)39-27-53-47(55-39)41-10-8-24-59(41)49(61)45(29(3)4)57-51(63)65-6/h11-22,26-29,34-35,40-41,44-45H,7-10,23-25H2,1-6H3,(H,52,54)(H,53,55)(H,56,62)(H,57,63)/t34?,35?,40-,41-,44-,45-/m0/s1. The lowest BCUT2D eigenvalue weighted by Crippen LogP contribution is -2.51. The summed E-state index contributed by atoms with van der Waals surface area (Å²) in [5.74, 6) is 1.75. The number of ether oxygens (including phenoxy) is 2. The molecular formula is C51H58N8O6. The van der Waals surface area contributed by atoms with Crippen LogP contribution in [-0.2, 0) is 19.1 Å². The third-order valence-corrected chi connectivity index (χ3v) is 13.8. The van der Waals surface area contributed by atoms with E-state index in [4.69, 9.17) is 19.4 Å². The van der Waals surface area contributed by atoms with Gasteiger partial charge < -0.3 is 39.9 Å². The Labute approximate surface area is 379 Å². The van der Waals surface area contributed by atoms with E-state index >= 15 is 0 Å². The number of aromatic amines is 2. The number of rotatable bonds is 12. The molecule has 14 nitrogen and oxygen atoms in total. The van der Waals surface area contributed by atoms with Crippen LogP contribution in [0.3, 0.4) is 0 Å². The fraction of sp³-hybridized carbons (Fsp3) is 0.412. The van der Waals surface area contributed by atoms with Gasteiger partial charge in [-0.25, -0.2) is 19.6 Å². The highest BCUT2D eigenvalue weighted by Crippen LogP contribution is 2.55. The van der Waals surface area contributed by atoms with Gasteiger partial charge in [-0.3, -0.25) is 9.59 Å². The number of aromatic nitrogens is 4. The van der Waals surface area contributed by atoms with Crippen molar-refractivity contribution in [1.82, 2.24) is 40.4 Å². The van der Waals surface area contributed by atoms with E-state index in [-0.39, 0.29) is 35.7 Å². The number of hydrogen-bond acceptors (Lipinski definition) is 8. The van der Waals surface area contributed by atoms with Crippen LogP contribution in [0.15, 0.2) is 85.2 Å². The Morgan fingerprint density at radius 2 is 0.985 bits per heavy atom. The Balaban J connectivity index is 0.910. The monoisotopic (exact) mass is 878 g/mol. The van der Waals surface area contributed by atoms with Crippen molar-refractivity contribution >= 4 is 24.0 Å². The number of nitrogens with zero attached hydrogens (tertiary/aromatic N) is 4. The van der Waals surface area contributed by atoms with Crippen molar-refractivity contribution in [2.24, 2.45) is 11.8 Å². The summed E-state index contributed by atoms with van der Waals surface area (Å²) in [7, 11) is 2.60. The van der Waals surface area contributed by atoms with E-state index in [1.54, 1.807) is 0 Å². The largest absolute Gasteiger partial charge is 0.453 e. The first-order valence-corrected chi connectivity index (χ1v) is 22.9. The van der Waals surface area contributed by atoms with Gasteiger partial charge in [0.05, 0.1) is 50.1 Å². The summed E-state index contributed by atoms with van der Waals surface area (Å²) in [6.45, 7) is 8.85. The summed E-state index contributed by atoms with van der Waals surface area (Å²) < 4.78 is 9.58. The highest BCUT2D eigenvalue weighted by Gasteiger charge is 2.40. The molecule has 338 valence electrons. The maximum absolute atomic E-state index is 13.7. The minimum absolute atomic E-state index is 0.104. The van der Waals surface area contributed by atoms with Gasteiger partial charge >= 0.3 is 12.2 Å². The highest BCUT2D eigenvalue weighted by molar-refractivity contribution is 5.88. The van der Waals surface area contributed by atoms with E-state index in [2.05, 4.69) is 93.4 Å². The summed E-state index contributed by atoms with van der Waals surface area (Å²) in [5.41, 5.74) is 11.4. The van der Waals surface area contributed by atoms with Gasteiger partial charge in [0.1, 0.15) is 23.7 Å². The second-order valence-electron chi connectivity index (χ2n) is 18.4. The zero-order chi connectivity index (χ0) is 45.5. The first-order chi connectivity index (χ1) is 31.4. The van der Waals surface area contributed by atoms with Crippen LogP contribution in [0, 0.1) is 11.8 Å². The van der Waals surface area contributed by atoms with Gasteiger partial charge in [0.25, 0.3) is 0 Å². The lowest BCUT2D eigenvalue weighted by atomic mass is 9.84. The number of allylic oxidation sites excluding steroid dienone is 2. The van der Waals surface area contributed by atoms with Crippen LogP contribution < -0.4 is 10.6 Å². The molecule has 2 aromatic heterocycles. The average molecular weight is 879 g/mol. The second kappa shape index (κ2) is 18.1. The number of H-pyrrole nitrogens is 2. The number of fused-ring (bicyclic) bond motifs is 5. The molecule has 14 heteroatoms. The van der Waals surface area contributed by atoms with Crippen molar-refractivity contribution in [2.75, 3.05) is 27.3 Å². The molecule has 4 heterocycles. The van der Waals surface area contributed by atoms with Gasteiger partial charge in [0.2, 0.25) is 11.8 Å². The van der Waals surface area contributed by atoms with Crippen molar-refractivity contribution in [3.63, 3.8) is 0 Å². The fourth-order valence-corrected chi connectivity index (χ4v) is 10.4. The topological polar surface area (TPSA) is 175 Å². The molecule has 5 aromatic rings. The summed E-state index contributed by atoms with van der Waals surface area (Å²) in [4.78, 5) is 71.6. The average Bonchev–Trinajstić information content (AvgIpc) is 4.19. The molecule has 0 saturated carbocycles. The Morgan fingerprint density at radius 1 is 0.600 bits per heavy atom. The summed E-state index contributed by atoms with van der Waals surface area (Å²) >= 11 is 0. The number of amides is 4. The van der Waals surface area contributed by atoms with Gasteiger partial charge in [-0.1, -0.05) is 101 Å². The number of carbonyl (C=O) groups excluding carboxylic acids is 4. The van der Waals surface area contributed by atoms with Crippen LogP contribution in [0.4, 0.5) is 9.59 Å². The maximum Gasteiger partial charge on any atom is 0.407 e. The second-order valence-corrected chi connectivity index (χ2v) is 18.4. The molecule has 2 bridgehead atoms. The molecule has 2 aliphatic carbocycles. The van der Waals surface area contributed by atoms with Gasteiger partial charge in [-0.15, -0.1) is 0 Å². The molecule has 2 unspecified atom stereocenters. The number of imidazole rings is 2. The molecular weight excluding hydrogens is 821 g/mol. The first kappa shape index (κ1) is 43.5. The zero-order valence-corrected chi connectivity index (χ0v) is 37.9. The highest BCUT2D eigenvalue weighted by atomic mass is 16.5. The van der Waals surface area contributed by atoms with Gasteiger partial charge in [-0.05, 0) is 88.4 Å². The Hall–Kier alpha value is -6.70. The molecule has 4 aliphatic rings. The van der Waals surface area contributed by atoms with E-state index in [1.165, 1.54) is 36.5 Å². The molecule has 0 radical (unpaired) electrons. The van der Waals surface area contributed by atoms with E-state index in [9.17, 15) is 19.2 Å². The summed E-state index contributed by atoms with van der Waals surface area (Å²) in [6, 6.07) is 20.0. The van der Waals surface area contributed by atoms with E-state index < -0.39 is 24.3 Å². The van der Waals surface area contributed by atoms with Gasteiger partial charge in [-0.2, -0.15) is 0 Å². The summed E-state index contributed by atoms with van der Waals surface area (Å²) in [5, 5.41) is 5.44. The van der Waals surface area contributed by atoms with E-state index in [1.807, 2.05) is 49.9 Å². The number of methoxy groups -OCH3 is 2. The third kappa shape index (κ3) is 8.30. The maximum atomic E-state index is 13.7. The SMILES string of the molecule is COC(=O)N[C@H](C(=O)N1CCC[C@H]1c1ncc(-c2ccc(-c3ccc(-c4ccc(-c5cnc([C@@H]6CCCN6C(=O)[C@@H](NC(=O)OC)C(C)C)[nH]5)cc4)c4c3C3C=CC4C3)cc2)[nH]1)C(C)C. The predicted molar refractivity (Wildman–Crippen MR) is 247 cm³/mol. The van der Waals surface area contributed by atoms with Gasteiger partial charge in [0, 0.05) is 24.9 Å². The van der Waals surface area contributed by atoms with Crippen LogP contribution in [0.1, 0.15) is 106 Å². The fourth-order valence-electron chi connectivity index (χ4n) is 10.4. The number of likely N-dealkylation sites (tertiary alicyclic amines) is 2. The molecule has 2 fully saturated rings. The van der Waals surface area contributed by atoms with Crippen LogP contribution >= 0.6 is 0 Å². The van der Waals surface area contributed by atoms with Crippen molar-refractivity contribution in [1.29, 1.82) is 0 Å². The number of benzene rings is 3. The molecule has 0 spiro atoms.